The monoisotopic (exact) mass is 659 g/mol. The van der Waals surface area contributed by atoms with Gasteiger partial charge in [-0.1, -0.05) is 92.0 Å². The molecule has 6 rings (SSSR count). The van der Waals surface area contributed by atoms with Crippen molar-refractivity contribution in [3.63, 3.8) is 0 Å². The second-order valence-corrected chi connectivity index (χ2v) is 12.8. The summed E-state index contributed by atoms with van der Waals surface area (Å²) in [6.45, 7) is 5.82. The Kier molecular flexibility index (Phi) is 10.3. The van der Waals surface area contributed by atoms with E-state index in [1.54, 1.807) is 46.8 Å². The average Bonchev–Trinajstić information content (AvgIpc) is 3.77. The topological polar surface area (TPSA) is 135 Å². The molecule has 2 N–H and O–H groups in total. The molecule has 5 aromatic rings. The Labute approximate surface area is 285 Å². The predicted molar refractivity (Wildman–Crippen MR) is 186 cm³/mol. The largest absolute Gasteiger partial charge is 0.359 e. The minimum atomic E-state index is -0.697. The summed E-state index contributed by atoms with van der Waals surface area (Å²) >= 11 is 0. The third-order valence-corrected chi connectivity index (χ3v) is 8.90. The van der Waals surface area contributed by atoms with Crippen LogP contribution in [0.5, 0.6) is 0 Å². The minimum absolute atomic E-state index is 0.127. The van der Waals surface area contributed by atoms with Crippen molar-refractivity contribution in [2.45, 2.75) is 71.5 Å². The van der Waals surface area contributed by atoms with Crippen LogP contribution in [0.2, 0.25) is 0 Å². The lowest BCUT2D eigenvalue weighted by Gasteiger charge is -2.35. The maximum atomic E-state index is 14.2. The number of hydrogen-bond acceptors (Lipinski definition) is 7. The lowest BCUT2D eigenvalue weighted by Crippen LogP contribution is -2.54. The van der Waals surface area contributed by atoms with Crippen LogP contribution < -0.4 is 15.5 Å². The van der Waals surface area contributed by atoms with E-state index < -0.39 is 11.9 Å². The van der Waals surface area contributed by atoms with Crippen LogP contribution in [0, 0.1) is 12.8 Å². The van der Waals surface area contributed by atoms with Crippen LogP contribution in [0.15, 0.2) is 95.5 Å². The molecule has 252 valence electrons. The minimum Gasteiger partial charge on any atom is -0.359 e. The zero-order chi connectivity index (χ0) is 34.3. The van der Waals surface area contributed by atoms with E-state index in [9.17, 15) is 14.4 Å². The van der Waals surface area contributed by atoms with Crippen molar-refractivity contribution in [1.82, 2.24) is 30.8 Å². The highest BCUT2D eigenvalue weighted by molar-refractivity contribution is 6.10. The molecule has 3 aromatic carbocycles. The van der Waals surface area contributed by atoms with Gasteiger partial charge in [-0.15, -0.1) is 5.10 Å². The summed E-state index contributed by atoms with van der Waals surface area (Å²) in [7, 11) is 0. The van der Waals surface area contributed by atoms with Crippen LogP contribution in [0.3, 0.4) is 0 Å². The van der Waals surface area contributed by atoms with Crippen LogP contribution in [-0.2, 0) is 11.3 Å². The van der Waals surface area contributed by atoms with Gasteiger partial charge in [0.15, 0.2) is 11.5 Å². The van der Waals surface area contributed by atoms with Crippen LogP contribution in [0.25, 0.3) is 16.9 Å². The van der Waals surface area contributed by atoms with Gasteiger partial charge in [0.1, 0.15) is 11.7 Å². The maximum absolute atomic E-state index is 14.2. The Hall–Kier alpha value is -5.58. The molecular formula is C38H41N7O4. The third-order valence-electron chi connectivity index (χ3n) is 8.90. The highest BCUT2D eigenvalue weighted by Gasteiger charge is 2.35. The van der Waals surface area contributed by atoms with Gasteiger partial charge in [-0.25, -0.2) is 4.68 Å². The lowest BCUT2D eigenvalue weighted by molar-refractivity contribution is -0.124. The fraction of sp³-hybridized carbons (Fsp3) is 0.316. The van der Waals surface area contributed by atoms with E-state index in [-0.39, 0.29) is 36.0 Å². The Balaban J connectivity index is 1.17. The van der Waals surface area contributed by atoms with Crippen molar-refractivity contribution < 1.29 is 18.9 Å². The number of nitrogens with one attached hydrogen (secondary N) is 2. The molecule has 11 nitrogen and oxygen atoms in total. The van der Waals surface area contributed by atoms with Gasteiger partial charge >= 0.3 is 0 Å². The molecular weight excluding hydrogens is 618 g/mol. The fourth-order valence-electron chi connectivity index (χ4n) is 6.31. The molecule has 0 radical (unpaired) electrons. The normalized spacial score (nSPS) is 14.0. The van der Waals surface area contributed by atoms with Gasteiger partial charge in [-0.3, -0.25) is 19.3 Å². The van der Waals surface area contributed by atoms with Crippen molar-refractivity contribution in [2.24, 2.45) is 5.92 Å². The van der Waals surface area contributed by atoms with Crippen LogP contribution in [0.4, 0.5) is 5.69 Å². The molecule has 0 bridgehead atoms. The Morgan fingerprint density at radius 2 is 1.59 bits per heavy atom. The standard InChI is InChI=1S/C38H41N7O4/c1-25(2)35(37(47)40-29-15-9-5-10-16-29)44(30-17-11-6-12-18-30)38(48)28-19-21-31(22-20-28)45-26(3)34(41-43-45)36(46)39-24-32-23-33(42-49-32)27-13-7-4-8-14-27/h4,6-8,11-14,17-23,25,29,35H,5,9-10,15-16,24H2,1-3H3,(H,39,46)(H,40,47). The van der Waals surface area contributed by atoms with E-state index in [0.29, 0.717) is 34.1 Å². The number of carbonyl (C=O) groups excluding carboxylic acids is 3. The quantitative estimate of drug-likeness (QED) is 0.170. The van der Waals surface area contributed by atoms with E-state index in [2.05, 4.69) is 26.1 Å². The molecule has 0 spiro atoms. The molecule has 1 saturated carbocycles. The molecule has 1 unspecified atom stereocenters. The first-order chi connectivity index (χ1) is 23.8. The molecule has 2 heterocycles. The van der Waals surface area contributed by atoms with Crippen LogP contribution in [0.1, 0.15) is 78.3 Å². The zero-order valence-electron chi connectivity index (χ0n) is 28.0. The number of hydrogen-bond donors (Lipinski definition) is 2. The van der Waals surface area contributed by atoms with Gasteiger partial charge in [-0.2, -0.15) is 0 Å². The van der Waals surface area contributed by atoms with Gasteiger partial charge in [0.05, 0.1) is 17.9 Å². The number of carbonyl (C=O) groups is 3. The summed E-state index contributed by atoms with van der Waals surface area (Å²) in [6, 6.07) is 27.1. The highest BCUT2D eigenvalue weighted by atomic mass is 16.5. The number of para-hydroxylation sites is 1. The molecule has 1 aliphatic rings. The summed E-state index contributed by atoms with van der Waals surface area (Å²) in [4.78, 5) is 42.6. The molecule has 3 amide bonds. The molecule has 1 atom stereocenters. The van der Waals surface area contributed by atoms with Gasteiger partial charge in [0.25, 0.3) is 11.8 Å². The van der Waals surface area contributed by atoms with Crippen LogP contribution >= 0.6 is 0 Å². The maximum Gasteiger partial charge on any atom is 0.274 e. The van der Waals surface area contributed by atoms with Crippen molar-refractivity contribution in [1.29, 1.82) is 0 Å². The van der Waals surface area contributed by atoms with E-state index >= 15 is 0 Å². The fourth-order valence-corrected chi connectivity index (χ4v) is 6.31. The number of amides is 3. The molecule has 1 aliphatic carbocycles. The molecule has 49 heavy (non-hydrogen) atoms. The number of benzene rings is 3. The second-order valence-electron chi connectivity index (χ2n) is 12.8. The smallest absolute Gasteiger partial charge is 0.274 e. The average molecular weight is 660 g/mol. The molecule has 0 aliphatic heterocycles. The summed E-state index contributed by atoms with van der Waals surface area (Å²) in [5.41, 5.74) is 4.00. The summed E-state index contributed by atoms with van der Waals surface area (Å²) in [5, 5.41) is 18.5. The second kappa shape index (κ2) is 15.1. The first kappa shape index (κ1) is 33.3. The Morgan fingerprint density at radius 1 is 0.918 bits per heavy atom. The van der Waals surface area contributed by atoms with Crippen LogP contribution in [-0.4, -0.2) is 50.0 Å². The Morgan fingerprint density at radius 3 is 2.27 bits per heavy atom. The van der Waals surface area contributed by atoms with Crippen molar-refractivity contribution >= 4 is 23.4 Å². The van der Waals surface area contributed by atoms with E-state index in [1.165, 1.54) is 6.42 Å². The molecule has 11 heteroatoms. The molecule has 0 saturated heterocycles. The first-order valence-corrected chi connectivity index (χ1v) is 16.8. The van der Waals surface area contributed by atoms with Gasteiger partial charge < -0.3 is 15.2 Å². The van der Waals surface area contributed by atoms with E-state index in [1.807, 2.05) is 74.5 Å². The first-order valence-electron chi connectivity index (χ1n) is 16.8. The van der Waals surface area contributed by atoms with Crippen molar-refractivity contribution in [3.8, 4) is 16.9 Å². The SMILES string of the molecule is Cc1c(C(=O)NCc2cc(-c3ccccc3)no2)nnn1-c1ccc(C(=O)N(c2ccccc2)C(C(=O)NC2CCCCC2)C(C)C)cc1. The number of aromatic nitrogens is 4. The van der Waals surface area contributed by atoms with E-state index in [4.69, 9.17) is 4.52 Å². The number of anilines is 1. The summed E-state index contributed by atoms with van der Waals surface area (Å²) in [6.07, 6.45) is 5.30. The Bertz CT molecular complexity index is 1880. The van der Waals surface area contributed by atoms with Crippen molar-refractivity contribution in [3.05, 3.63) is 114 Å². The third kappa shape index (κ3) is 7.61. The highest BCUT2D eigenvalue weighted by Crippen LogP contribution is 2.26. The molecule has 2 aromatic heterocycles. The number of rotatable bonds is 11. The molecule has 1 fully saturated rings. The van der Waals surface area contributed by atoms with Crippen molar-refractivity contribution in [2.75, 3.05) is 4.90 Å². The predicted octanol–water partition coefficient (Wildman–Crippen LogP) is 6.28. The lowest BCUT2D eigenvalue weighted by atomic mass is 9.94. The summed E-state index contributed by atoms with van der Waals surface area (Å²) < 4.78 is 6.95. The number of nitrogens with zero attached hydrogens (tertiary/aromatic N) is 5. The van der Waals surface area contributed by atoms with Gasteiger partial charge in [-0.05, 0) is 62.1 Å². The zero-order valence-corrected chi connectivity index (χ0v) is 28.0. The van der Waals surface area contributed by atoms with Gasteiger partial charge in [0, 0.05) is 28.9 Å². The van der Waals surface area contributed by atoms with E-state index in [0.717, 1.165) is 31.2 Å². The van der Waals surface area contributed by atoms with Gasteiger partial charge in [0.2, 0.25) is 5.91 Å². The summed E-state index contributed by atoms with van der Waals surface area (Å²) in [5.74, 6) is -0.455.